The zero-order chi connectivity index (χ0) is 12.3. The highest BCUT2D eigenvalue weighted by molar-refractivity contribution is 7.99. The normalized spacial score (nSPS) is 10.8. The van der Waals surface area contributed by atoms with Gasteiger partial charge in [0.25, 0.3) is 0 Å². The van der Waals surface area contributed by atoms with Gasteiger partial charge in [-0.1, -0.05) is 17.8 Å². The molecule has 1 heterocycles. The Labute approximate surface area is 106 Å². The van der Waals surface area contributed by atoms with E-state index in [1.54, 1.807) is 18.0 Å². The van der Waals surface area contributed by atoms with E-state index < -0.39 is 0 Å². The number of rotatable bonds is 4. The molecule has 0 saturated carbocycles. The topological polar surface area (TPSA) is 39.2 Å². The monoisotopic (exact) mass is 247 g/mol. The summed E-state index contributed by atoms with van der Waals surface area (Å²) in [5, 5.41) is 0. The zero-order valence-corrected chi connectivity index (χ0v) is 11.0. The molecule has 3 heteroatoms. The van der Waals surface area contributed by atoms with Gasteiger partial charge < -0.3 is 10.2 Å². The van der Waals surface area contributed by atoms with E-state index in [1.807, 2.05) is 13.0 Å². The van der Waals surface area contributed by atoms with E-state index in [9.17, 15) is 0 Å². The Hall–Kier alpha value is -1.19. The zero-order valence-electron chi connectivity index (χ0n) is 10.2. The summed E-state index contributed by atoms with van der Waals surface area (Å²) in [5.74, 6) is 0.971. The molecule has 0 aliphatic heterocycles. The van der Waals surface area contributed by atoms with Gasteiger partial charge in [0.2, 0.25) is 0 Å². The number of nitrogens with two attached hydrogens (primary N) is 1. The van der Waals surface area contributed by atoms with Crippen molar-refractivity contribution in [3.05, 3.63) is 47.4 Å². The average Bonchev–Trinajstić information content (AvgIpc) is 2.69. The molecule has 17 heavy (non-hydrogen) atoms. The fourth-order valence-electron chi connectivity index (χ4n) is 1.77. The minimum absolute atomic E-state index is 0.703. The summed E-state index contributed by atoms with van der Waals surface area (Å²) < 4.78 is 5.29. The van der Waals surface area contributed by atoms with Gasteiger partial charge in [-0.15, -0.1) is 0 Å². The van der Waals surface area contributed by atoms with E-state index in [0.29, 0.717) is 6.54 Å². The molecular weight excluding hydrogens is 230 g/mol. The van der Waals surface area contributed by atoms with Crippen LogP contribution in [0.3, 0.4) is 0 Å². The number of aryl methyl sites for hydroxylation is 2. The van der Waals surface area contributed by atoms with Gasteiger partial charge in [0, 0.05) is 4.90 Å². The minimum Gasteiger partial charge on any atom is -0.468 e. The highest BCUT2D eigenvalue weighted by Gasteiger charge is 2.05. The molecule has 0 radical (unpaired) electrons. The molecule has 2 aromatic rings. The van der Waals surface area contributed by atoms with Crippen molar-refractivity contribution in [2.45, 2.75) is 30.1 Å². The number of furan rings is 1. The quantitative estimate of drug-likeness (QED) is 0.898. The molecule has 0 aliphatic rings. The van der Waals surface area contributed by atoms with Crippen LogP contribution in [0.25, 0.3) is 0 Å². The van der Waals surface area contributed by atoms with Crippen LogP contribution in [0.4, 0.5) is 0 Å². The Kier molecular flexibility index (Phi) is 3.92. The summed E-state index contributed by atoms with van der Waals surface area (Å²) in [6.45, 7) is 4.82. The number of benzene rings is 1. The predicted molar refractivity (Wildman–Crippen MR) is 71.5 cm³/mol. The Morgan fingerprint density at radius 2 is 2.06 bits per heavy atom. The van der Waals surface area contributed by atoms with E-state index in [0.717, 1.165) is 12.2 Å². The smallest absolute Gasteiger partial charge is 0.114 e. The average molecular weight is 247 g/mol. The molecule has 1 aromatic carbocycles. The van der Waals surface area contributed by atoms with Crippen molar-refractivity contribution >= 4 is 11.8 Å². The standard InChI is InChI=1S/C14H17NOS/c1-10-9-13(4-3-12(10)5-7-15)17-14-6-8-16-11(14)2/h3-4,6,8-9H,5,7,15H2,1-2H3. The Bertz CT molecular complexity index is 505. The SMILES string of the molecule is Cc1cc(Sc2ccoc2C)ccc1CCN. The Balaban J connectivity index is 2.18. The third kappa shape index (κ3) is 2.93. The molecule has 0 bridgehead atoms. The maximum absolute atomic E-state index is 5.58. The molecule has 0 saturated heterocycles. The first-order valence-corrected chi connectivity index (χ1v) is 6.54. The second kappa shape index (κ2) is 5.43. The molecule has 0 atom stereocenters. The van der Waals surface area contributed by atoms with Crippen molar-refractivity contribution in [1.29, 1.82) is 0 Å². The van der Waals surface area contributed by atoms with Crippen LogP contribution in [0.1, 0.15) is 16.9 Å². The van der Waals surface area contributed by atoms with E-state index in [4.69, 9.17) is 10.2 Å². The number of hydrogen-bond acceptors (Lipinski definition) is 3. The summed E-state index contributed by atoms with van der Waals surface area (Å²) >= 11 is 1.74. The summed E-state index contributed by atoms with van der Waals surface area (Å²) in [4.78, 5) is 2.42. The van der Waals surface area contributed by atoms with Gasteiger partial charge >= 0.3 is 0 Å². The van der Waals surface area contributed by atoms with E-state index in [-0.39, 0.29) is 0 Å². The molecule has 2 rings (SSSR count). The third-order valence-electron chi connectivity index (χ3n) is 2.77. The van der Waals surface area contributed by atoms with E-state index in [2.05, 4.69) is 25.1 Å². The van der Waals surface area contributed by atoms with Gasteiger partial charge in [0.1, 0.15) is 5.76 Å². The minimum atomic E-state index is 0.703. The van der Waals surface area contributed by atoms with Crippen LogP contribution < -0.4 is 5.73 Å². The van der Waals surface area contributed by atoms with Crippen LogP contribution >= 0.6 is 11.8 Å². The lowest BCUT2D eigenvalue weighted by Gasteiger charge is -2.07. The van der Waals surface area contributed by atoms with Crippen molar-refractivity contribution in [2.24, 2.45) is 5.73 Å². The van der Waals surface area contributed by atoms with Gasteiger partial charge in [-0.25, -0.2) is 0 Å². The first-order valence-electron chi connectivity index (χ1n) is 5.72. The number of hydrogen-bond donors (Lipinski definition) is 1. The third-order valence-corrected chi connectivity index (χ3v) is 3.90. The van der Waals surface area contributed by atoms with Crippen LogP contribution in [0.15, 0.2) is 44.7 Å². The molecule has 1 aromatic heterocycles. The summed E-state index contributed by atoms with van der Waals surface area (Å²) in [5.41, 5.74) is 8.22. The lowest BCUT2D eigenvalue weighted by molar-refractivity contribution is 0.527. The molecule has 0 unspecified atom stereocenters. The second-order valence-corrected chi connectivity index (χ2v) is 5.19. The highest BCUT2D eigenvalue weighted by atomic mass is 32.2. The van der Waals surface area contributed by atoms with Crippen LogP contribution in [-0.4, -0.2) is 6.54 Å². The predicted octanol–water partition coefficient (Wildman–Crippen LogP) is 3.55. The van der Waals surface area contributed by atoms with Crippen molar-refractivity contribution in [3.8, 4) is 0 Å². The Morgan fingerprint density at radius 3 is 2.65 bits per heavy atom. The van der Waals surface area contributed by atoms with Crippen molar-refractivity contribution in [3.63, 3.8) is 0 Å². The molecule has 2 N–H and O–H groups in total. The summed E-state index contributed by atoms with van der Waals surface area (Å²) in [7, 11) is 0. The van der Waals surface area contributed by atoms with Crippen molar-refractivity contribution < 1.29 is 4.42 Å². The van der Waals surface area contributed by atoms with Crippen LogP contribution in [0, 0.1) is 13.8 Å². The van der Waals surface area contributed by atoms with Gasteiger partial charge in [0.15, 0.2) is 0 Å². The molecule has 90 valence electrons. The maximum Gasteiger partial charge on any atom is 0.114 e. The second-order valence-electron chi connectivity index (χ2n) is 4.07. The Morgan fingerprint density at radius 1 is 1.24 bits per heavy atom. The van der Waals surface area contributed by atoms with Gasteiger partial charge in [-0.2, -0.15) is 0 Å². The van der Waals surface area contributed by atoms with Crippen LogP contribution in [0.2, 0.25) is 0 Å². The molecule has 2 nitrogen and oxygen atoms in total. The lowest BCUT2D eigenvalue weighted by Crippen LogP contribution is -2.03. The van der Waals surface area contributed by atoms with Crippen molar-refractivity contribution in [2.75, 3.05) is 6.54 Å². The van der Waals surface area contributed by atoms with Crippen LogP contribution in [0.5, 0.6) is 0 Å². The van der Waals surface area contributed by atoms with Gasteiger partial charge in [-0.05, 0) is 56.1 Å². The fourth-order valence-corrected chi connectivity index (χ4v) is 2.72. The van der Waals surface area contributed by atoms with E-state index in [1.165, 1.54) is 20.9 Å². The van der Waals surface area contributed by atoms with E-state index >= 15 is 0 Å². The summed E-state index contributed by atoms with van der Waals surface area (Å²) in [6.07, 6.45) is 2.68. The fraction of sp³-hybridized carbons (Fsp3) is 0.286. The highest BCUT2D eigenvalue weighted by Crippen LogP contribution is 2.31. The maximum atomic E-state index is 5.58. The van der Waals surface area contributed by atoms with Crippen molar-refractivity contribution in [1.82, 2.24) is 0 Å². The van der Waals surface area contributed by atoms with Gasteiger partial charge in [0.05, 0.1) is 11.2 Å². The first kappa shape index (κ1) is 12.3. The molecule has 0 aliphatic carbocycles. The largest absolute Gasteiger partial charge is 0.468 e. The molecule has 0 spiro atoms. The molecule has 0 fully saturated rings. The molecule has 0 amide bonds. The van der Waals surface area contributed by atoms with Crippen LogP contribution in [-0.2, 0) is 6.42 Å². The lowest BCUT2D eigenvalue weighted by atomic mass is 10.1. The van der Waals surface area contributed by atoms with Gasteiger partial charge in [-0.3, -0.25) is 0 Å². The molecular formula is C14H17NOS. The summed E-state index contributed by atoms with van der Waals surface area (Å²) in [6, 6.07) is 8.53. The first-order chi connectivity index (χ1) is 8.20.